The Bertz CT molecular complexity index is 1270. The van der Waals surface area contributed by atoms with Gasteiger partial charge in [0.05, 0.1) is 25.4 Å². The second-order valence-corrected chi connectivity index (χ2v) is 9.34. The molecule has 1 N–H and O–H groups in total. The van der Waals surface area contributed by atoms with E-state index >= 15 is 0 Å². The molecular weight excluding hydrogens is 479 g/mol. The van der Waals surface area contributed by atoms with Crippen molar-refractivity contribution in [1.29, 1.82) is 0 Å². The highest BCUT2D eigenvalue weighted by atomic mass is 32.1. The molecule has 3 heterocycles. The topological polar surface area (TPSA) is 76.0 Å². The van der Waals surface area contributed by atoms with Crippen molar-refractivity contribution in [3.63, 3.8) is 0 Å². The summed E-state index contributed by atoms with van der Waals surface area (Å²) in [5, 5.41) is 5.98. The molecule has 0 radical (unpaired) electrons. The minimum Gasteiger partial charge on any atom is -0.463 e. The molecule has 0 amide bonds. The zero-order valence-electron chi connectivity index (χ0n) is 19.9. The summed E-state index contributed by atoms with van der Waals surface area (Å²) in [6.45, 7) is 5.29. The number of thiazole rings is 1. The fourth-order valence-corrected chi connectivity index (χ4v) is 5.05. The number of halogens is 1. The number of hydrogen-bond donors (Lipinski definition) is 1. The maximum absolute atomic E-state index is 14.5. The molecule has 7 nitrogen and oxygen atoms in total. The number of carbonyl (C=O) groups is 1. The van der Waals surface area contributed by atoms with Crippen molar-refractivity contribution in [2.75, 3.05) is 39.5 Å². The van der Waals surface area contributed by atoms with Gasteiger partial charge < -0.3 is 14.8 Å². The molecule has 0 spiro atoms. The second kappa shape index (κ2) is 11.1. The van der Waals surface area contributed by atoms with E-state index in [-0.39, 0.29) is 12.4 Å². The van der Waals surface area contributed by atoms with Gasteiger partial charge in [0.25, 0.3) is 0 Å². The van der Waals surface area contributed by atoms with Crippen molar-refractivity contribution in [3.05, 3.63) is 87.8 Å². The van der Waals surface area contributed by atoms with E-state index in [1.807, 2.05) is 35.7 Å². The minimum absolute atomic E-state index is 0.234. The first kappa shape index (κ1) is 24.3. The number of nitrogens with zero attached hydrogens (tertiary/aromatic N) is 3. The Morgan fingerprint density at radius 3 is 2.75 bits per heavy atom. The number of morpholine rings is 1. The third-order valence-electron chi connectivity index (χ3n) is 6.14. The van der Waals surface area contributed by atoms with Crippen molar-refractivity contribution < 1.29 is 18.7 Å². The molecule has 1 atom stereocenters. The van der Waals surface area contributed by atoms with Gasteiger partial charge in [-0.1, -0.05) is 36.4 Å². The molecule has 3 aromatic rings. The van der Waals surface area contributed by atoms with Crippen LogP contribution in [0.3, 0.4) is 0 Å². The van der Waals surface area contributed by atoms with Crippen molar-refractivity contribution in [2.24, 2.45) is 4.99 Å². The number of amidine groups is 1. The molecule has 1 fully saturated rings. The van der Waals surface area contributed by atoms with E-state index in [9.17, 15) is 9.18 Å². The van der Waals surface area contributed by atoms with E-state index in [0.717, 1.165) is 24.2 Å². The first-order chi connectivity index (χ1) is 17.6. The molecule has 1 unspecified atom stereocenters. The lowest BCUT2D eigenvalue weighted by Gasteiger charge is -2.32. The van der Waals surface area contributed by atoms with Gasteiger partial charge in [-0.3, -0.25) is 9.89 Å². The number of nitrogens with one attached hydrogen (secondary N) is 1. The molecule has 2 aliphatic heterocycles. The standard InChI is InChI=1S/C27H27FN4O3S/c1-2-35-27(33)23-22(17-32-11-13-34-14-12-32)30-25(26-29-10-15-36-26)31-24(23)20-9-8-19(28)16-21(20)18-6-4-3-5-7-18/h3-10,15-16,24H,2,11-14,17H2,1H3,(H,30,31). The van der Waals surface area contributed by atoms with E-state index < -0.39 is 12.0 Å². The Morgan fingerprint density at radius 1 is 1.22 bits per heavy atom. The highest BCUT2D eigenvalue weighted by Gasteiger charge is 2.35. The van der Waals surface area contributed by atoms with Crippen LogP contribution < -0.4 is 5.32 Å². The molecule has 9 heteroatoms. The van der Waals surface area contributed by atoms with E-state index in [2.05, 4.69) is 15.2 Å². The molecule has 2 aromatic carbocycles. The number of hydrogen-bond acceptors (Lipinski definition) is 8. The van der Waals surface area contributed by atoms with Crippen LogP contribution in [0.4, 0.5) is 4.39 Å². The summed E-state index contributed by atoms with van der Waals surface area (Å²) >= 11 is 1.46. The number of ether oxygens (including phenoxy) is 2. The average Bonchev–Trinajstić information content (AvgIpc) is 3.45. The smallest absolute Gasteiger partial charge is 0.338 e. The average molecular weight is 507 g/mol. The molecule has 2 aliphatic rings. The summed E-state index contributed by atoms with van der Waals surface area (Å²) in [5.74, 6) is -0.218. The molecule has 1 aromatic heterocycles. The maximum atomic E-state index is 14.5. The number of aromatic nitrogens is 1. The van der Waals surface area contributed by atoms with Crippen LogP contribution >= 0.6 is 11.3 Å². The molecule has 0 bridgehead atoms. The fraction of sp³-hybridized carbons (Fsp3) is 0.296. The van der Waals surface area contributed by atoms with Gasteiger partial charge in [0.15, 0.2) is 10.8 Å². The summed E-state index contributed by atoms with van der Waals surface area (Å²) in [4.78, 5) is 25.1. The van der Waals surface area contributed by atoms with E-state index in [1.165, 1.54) is 23.5 Å². The lowest BCUT2D eigenvalue weighted by molar-refractivity contribution is -0.139. The van der Waals surface area contributed by atoms with Gasteiger partial charge in [0, 0.05) is 36.9 Å². The second-order valence-electron chi connectivity index (χ2n) is 8.44. The predicted octanol–water partition coefficient (Wildman–Crippen LogP) is 4.19. The molecule has 0 saturated carbocycles. The van der Waals surface area contributed by atoms with Gasteiger partial charge in [-0.25, -0.2) is 14.2 Å². The Morgan fingerprint density at radius 2 is 2.03 bits per heavy atom. The van der Waals surface area contributed by atoms with Crippen LogP contribution in [0.2, 0.25) is 0 Å². The summed E-state index contributed by atoms with van der Waals surface area (Å²) in [6, 6.07) is 13.5. The van der Waals surface area contributed by atoms with Gasteiger partial charge >= 0.3 is 5.97 Å². The SMILES string of the molecule is CCOC(=O)C1=C(CN2CCOCC2)NC(c2nccs2)=NC1c1ccc(F)cc1-c1ccccc1. The minimum atomic E-state index is -0.698. The Hall–Kier alpha value is -3.40. The largest absolute Gasteiger partial charge is 0.463 e. The van der Waals surface area contributed by atoms with Crippen molar-refractivity contribution in [1.82, 2.24) is 15.2 Å². The lowest BCUT2D eigenvalue weighted by atomic mass is 9.89. The first-order valence-electron chi connectivity index (χ1n) is 11.9. The molecular formula is C27H27FN4O3S. The Labute approximate surface area is 213 Å². The zero-order valence-corrected chi connectivity index (χ0v) is 20.8. The Balaban J connectivity index is 1.67. The Kier molecular flexibility index (Phi) is 7.50. The third kappa shape index (κ3) is 5.23. The number of benzene rings is 2. The van der Waals surface area contributed by atoms with E-state index in [4.69, 9.17) is 14.5 Å². The van der Waals surface area contributed by atoms with Gasteiger partial charge in [0.1, 0.15) is 11.9 Å². The van der Waals surface area contributed by atoms with Crippen LogP contribution in [0.5, 0.6) is 0 Å². The van der Waals surface area contributed by atoms with Crippen LogP contribution in [-0.4, -0.2) is 61.1 Å². The maximum Gasteiger partial charge on any atom is 0.338 e. The third-order valence-corrected chi connectivity index (χ3v) is 6.92. The van der Waals surface area contributed by atoms with Crippen molar-refractivity contribution in [3.8, 4) is 11.1 Å². The van der Waals surface area contributed by atoms with Gasteiger partial charge in [-0.2, -0.15) is 0 Å². The zero-order chi connectivity index (χ0) is 24.9. The fourth-order valence-electron chi connectivity index (χ4n) is 4.46. The molecule has 0 aliphatic carbocycles. The van der Waals surface area contributed by atoms with Gasteiger partial charge in [-0.05, 0) is 35.7 Å². The van der Waals surface area contributed by atoms with Crippen molar-refractivity contribution in [2.45, 2.75) is 13.0 Å². The van der Waals surface area contributed by atoms with Crippen LogP contribution in [0.1, 0.15) is 23.5 Å². The monoisotopic (exact) mass is 506 g/mol. The molecule has 1 saturated heterocycles. The summed E-state index contributed by atoms with van der Waals surface area (Å²) in [6.07, 6.45) is 1.72. The van der Waals surface area contributed by atoms with E-state index in [1.54, 1.807) is 19.2 Å². The van der Waals surface area contributed by atoms with Crippen LogP contribution in [-0.2, 0) is 14.3 Å². The van der Waals surface area contributed by atoms with Crippen LogP contribution in [0.25, 0.3) is 11.1 Å². The van der Waals surface area contributed by atoms with Gasteiger partial charge in [0.2, 0.25) is 0 Å². The predicted molar refractivity (Wildman–Crippen MR) is 137 cm³/mol. The lowest BCUT2D eigenvalue weighted by Crippen LogP contribution is -2.43. The summed E-state index contributed by atoms with van der Waals surface area (Å²) < 4.78 is 25.5. The quantitative estimate of drug-likeness (QED) is 0.485. The number of aliphatic imine (C=N–C) groups is 1. The molecule has 36 heavy (non-hydrogen) atoms. The number of carbonyl (C=O) groups excluding carboxylic acids is 1. The number of esters is 1. The normalized spacial score (nSPS) is 18.5. The molecule has 186 valence electrons. The van der Waals surface area contributed by atoms with Gasteiger partial charge in [-0.15, -0.1) is 11.3 Å². The van der Waals surface area contributed by atoms with Crippen LogP contribution in [0, 0.1) is 5.82 Å². The summed E-state index contributed by atoms with van der Waals surface area (Å²) in [5.41, 5.74) is 3.38. The molecule has 5 rings (SSSR count). The van der Waals surface area contributed by atoms with Crippen LogP contribution in [0.15, 0.2) is 76.4 Å². The number of rotatable bonds is 7. The van der Waals surface area contributed by atoms with E-state index in [0.29, 0.717) is 47.4 Å². The first-order valence-corrected chi connectivity index (χ1v) is 12.8. The van der Waals surface area contributed by atoms with Crippen molar-refractivity contribution >= 4 is 23.1 Å². The highest BCUT2D eigenvalue weighted by molar-refractivity contribution is 7.11. The highest BCUT2D eigenvalue weighted by Crippen LogP contribution is 2.38. The summed E-state index contributed by atoms with van der Waals surface area (Å²) in [7, 11) is 0.